The first-order chi connectivity index (χ1) is 15.2. The van der Waals surface area contributed by atoms with Gasteiger partial charge in [-0.3, -0.25) is 0 Å². The van der Waals surface area contributed by atoms with E-state index in [0.29, 0.717) is 0 Å². The molecule has 0 aromatic carbocycles. The van der Waals surface area contributed by atoms with Gasteiger partial charge in [0.05, 0.1) is 0 Å². The molecule has 0 aromatic heterocycles. The SMILES string of the molecule is CC(C)CCCC(C)CCCC(C)CCCCCCC(C)CCCC(C)CCCC(C)C. The van der Waals surface area contributed by atoms with Gasteiger partial charge in [0.2, 0.25) is 0 Å². The van der Waals surface area contributed by atoms with Crippen LogP contribution in [0.1, 0.15) is 171 Å². The fraction of sp³-hybridized carbons (Fsp3) is 1.00. The molecule has 0 N–H and O–H groups in total. The van der Waals surface area contributed by atoms with E-state index in [0.717, 1.165) is 35.5 Å². The number of hydrogen-bond acceptors (Lipinski definition) is 0. The van der Waals surface area contributed by atoms with E-state index in [9.17, 15) is 0 Å². The van der Waals surface area contributed by atoms with E-state index in [1.165, 1.54) is 116 Å². The lowest BCUT2D eigenvalue weighted by Gasteiger charge is -2.16. The summed E-state index contributed by atoms with van der Waals surface area (Å²) in [4.78, 5) is 0. The normalized spacial score (nSPS) is 15.9. The Balaban J connectivity index is 3.48. The average molecular weight is 451 g/mol. The Morgan fingerprint density at radius 2 is 0.469 bits per heavy atom. The standard InChI is InChI=1S/C32H66/c1-27(2)17-13-21-31(7)25-15-23-29(5)19-11-9-10-12-20-30(6)24-16-26-32(8)22-14-18-28(3)4/h27-32H,9-26H2,1-8H3. The van der Waals surface area contributed by atoms with Crippen LogP contribution in [0.15, 0.2) is 0 Å². The maximum atomic E-state index is 2.50. The molecule has 0 spiro atoms. The first kappa shape index (κ1) is 32.0. The van der Waals surface area contributed by atoms with Gasteiger partial charge in [0.25, 0.3) is 0 Å². The molecule has 0 fully saturated rings. The summed E-state index contributed by atoms with van der Waals surface area (Å²) in [5.41, 5.74) is 0. The van der Waals surface area contributed by atoms with Crippen LogP contribution in [0, 0.1) is 35.5 Å². The molecule has 4 unspecified atom stereocenters. The third-order valence-electron chi connectivity index (χ3n) is 7.89. The van der Waals surface area contributed by atoms with Crippen LogP contribution in [-0.4, -0.2) is 0 Å². The van der Waals surface area contributed by atoms with E-state index in [4.69, 9.17) is 0 Å². The van der Waals surface area contributed by atoms with Crippen molar-refractivity contribution in [3.05, 3.63) is 0 Å². The molecule has 0 radical (unpaired) electrons. The fourth-order valence-corrected chi connectivity index (χ4v) is 5.30. The molecule has 0 amide bonds. The van der Waals surface area contributed by atoms with Gasteiger partial charge in [0, 0.05) is 0 Å². The molecular formula is C32H66. The highest BCUT2D eigenvalue weighted by Gasteiger charge is 2.08. The van der Waals surface area contributed by atoms with Crippen molar-refractivity contribution in [3.63, 3.8) is 0 Å². The van der Waals surface area contributed by atoms with Crippen molar-refractivity contribution >= 4 is 0 Å². The number of unbranched alkanes of at least 4 members (excludes halogenated alkanes) is 3. The van der Waals surface area contributed by atoms with Crippen molar-refractivity contribution in [2.75, 3.05) is 0 Å². The summed E-state index contributed by atoms with van der Waals surface area (Å²) in [6.07, 6.45) is 26.1. The maximum Gasteiger partial charge on any atom is -0.0443 e. The first-order valence-corrected chi connectivity index (χ1v) is 15.2. The van der Waals surface area contributed by atoms with Crippen molar-refractivity contribution < 1.29 is 0 Å². The van der Waals surface area contributed by atoms with E-state index >= 15 is 0 Å². The molecule has 0 aliphatic heterocycles. The summed E-state index contributed by atoms with van der Waals surface area (Å²) in [5.74, 6) is 5.53. The topological polar surface area (TPSA) is 0 Å². The van der Waals surface area contributed by atoms with Gasteiger partial charge in [-0.05, 0) is 35.5 Å². The second-order valence-electron chi connectivity index (χ2n) is 12.9. The number of rotatable bonds is 23. The Labute approximate surface area is 206 Å². The van der Waals surface area contributed by atoms with E-state index in [-0.39, 0.29) is 0 Å². The second-order valence-corrected chi connectivity index (χ2v) is 12.9. The van der Waals surface area contributed by atoms with Gasteiger partial charge in [0.1, 0.15) is 0 Å². The molecule has 0 bridgehead atoms. The van der Waals surface area contributed by atoms with Gasteiger partial charge in [-0.15, -0.1) is 0 Å². The van der Waals surface area contributed by atoms with Gasteiger partial charge < -0.3 is 0 Å². The van der Waals surface area contributed by atoms with Crippen molar-refractivity contribution in [3.8, 4) is 0 Å². The van der Waals surface area contributed by atoms with Crippen LogP contribution in [0.3, 0.4) is 0 Å². The third-order valence-corrected chi connectivity index (χ3v) is 7.89. The van der Waals surface area contributed by atoms with Crippen molar-refractivity contribution in [2.45, 2.75) is 171 Å². The Morgan fingerprint density at radius 1 is 0.250 bits per heavy atom. The third kappa shape index (κ3) is 23.2. The molecule has 0 aliphatic carbocycles. The van der Waals surface area contributed by atoms with Crippen molar-refractivity contribution in [1.82, 2.24) is 0 Å². The quantitative estimate of drug-likeness (QED) is 0.136. The summed E-state index contributed by atoms with van der Waals surface area (Å²) in [7, 11) is 0. The monoisotopic (exact) mass is 451 g/mol. The Morgan fingerprint density at radius 3 is 0.719 bits per heavy atom. The van der Waals surface area contributed by atoms with Crippen LogP contribution in [0.5, 0.6) is 0 Å². The van der Waals surface area contributed by atoms with Gasteiger partial charge in [0.15, 0.2) is 0 Å². The second kappa shape index (κ2) is 21.5. The average Bonchev–Trinajstić information content (AvgIpc) is 2.70. The Kier molecular flexibility index (Phi) is 21.5. The highest BCUT2D eigenvalue weighted by molar-refractivity contribution is 4.61. The van der Waals surface area contributed by atoms with Crippen LogP contribution in [0.4, 0.5) is 0 Å². The molecular weight excluding hydrogens is 384 g/mol. The summed E-state index contributed by atoms with van der Waals surface area (Å²) in [5, 5.41) is 0. The van der Waals surface area contributed by atoms with Gasteiger partial charge in [-0.1, -0.05) is 171 Å². The van der Waals surface area contributed by atoms with Crippen LogP contribution >= 0.6 is 0 Å². The molecule has 0 nitrogen and oxygen atoms in total. The van der Waals surface area contributed by atoms with E-state index in [1.807, 2.05) is 0 Å². The lowest BCUT2D eigenvalue weighted by molar-refractivity contribution is 0.377. The largest absolute Gasteiger partial charge is 0.0628 e. The van der Waals surface area contributed by atoms with E-state index in [2.05, 4.69) is 55.4 Å². The molecule has 0 heteroatoms. The Hall–Kier alpha value is 0. The highest BCUT2D eigenvalue weighted by atomic mass is 14.1. The van der Waals surface area contributed by atoms with Crippen molar-refractivity contribution in [2.24, 2.45) is 35.5 Å². The fourth-order valence-electron chi connectivity index (χ4n) is 5.30. The zero-order valence-electron chi connectivity index (χ0n) is 24.2. The zero-order valence-corrected chi connectivity index (χ0v) is 24.2. The minimum Gasteiger partial charge on any atom is -0.0628 e. The highest BCUT2D eigenvalue weighted by Crippen LogP contribution is 2.24. The molecule has 0 saturated carbocycles. The Bertz CT molecular complexity index is 332. The minimum absolute atomic E-state index is 0.878. The van der Waals surface area contributed by atoms with Crippen LogP contribution in [0.2, 0.25) is 0 Å². The predicted molar refractivity (Wildman–Crippen MR) is 149 cm³/mol. The van der Waals surface area contributed by atoms with Crippen LogP contribution in [0.25, 0.3) is 0 Å². The van der Waals surface area contributed by atoms with Crippen molar-refractivity contribution in [1.29, 1.82) is 0 Å². The predicted octanol–water partition coefficient (Wildman–Crippen LogP) is 11.9. The molecule has 4 atom stereocenters. The number of hydrogen-bond donors (Lipinski definition) is 0. The molecule has 0 saturated heterocycles. The van der Waals surface area contributed by atoms with Gasteiger partial charge in [-0.25, -0.2) is 0 Å². The van der Waals surface area contributed by atoms with Gasteiger partial charge >= 0.3 is 0 Å². The zero-order chi connectivity index (χ0) is 24.2. The maximum absolute atomic E-state index is 2.50. The molecule has 0 aromatic rings. The summed E-state index contributed by atoms with van der Waals surface area (Å²) in [6.45, 7) is 19.3. The van der Waals surface area contributed by atoms with E-state index in [1.54, 1.807) is 0 Å². The van der Waals surface area contributed by atoms with Gasteiger partial charge in [-0.2, -0.15) is 0 Å². The van der Waals surface area contributed by atoms with Crippen LogP contribution in [-0.2, 0) is 0 Å². The van der Waals surface area contributed by atoms with Crippen LogP contribution < -0.4 is 0 Å². The van der Waals surface area contributed by atoms with E-state index < -0.39 is 0 Å². The summed E-state index contributed by atoms with van der Waals surface area (Å²) < 4.78 is 0. The summed E-state index contributed by atoms with van der Waals surface area (Å²) in [6, 6.07) is 0. The lowest BCUT2D eigenvalue weighted by atomic mass is 9.91. The molecule has 0 heterocycles. The smallest absolute Gasteiger partial charge is 0.0443 e. The molecule has 0 aliphatic rings. The molecule has 32 heavy (non-hydrogen) atoms. The first-order valence-electron chi connectivity index (χ1n) is 15.2. The summed E-state index contributed by atoms with van der Waals surface area (Å²) >= 11 is 0. The minimum atomic E-state index is 0.878. The molecule has 194 valence electrons. The lowest BCUT2D eigenvalue weighted by Crippen LogP contribution is -2.01. The molecule has 0 rings (SSSR count).